The summed E-state index contributed by atoms with van der Waals surface area (Å²) in [6, 6.07) is 5.33. The Morgan fingerprint density at radius 1 is 1.35 bits per heavy atom. The van der Waals surface area contributed by atoms with Crippen molar-refractivity contribution in [2.75, 3.05) is 0 Å². The number of hydrogen-bond donors (Lipinski definition) is 1. The van der Waals surface area contributed by atoms with E-state index >= 15 is 0 Å². The van der Waals surface area contributed by atoms with Crippen LogP contribution in [-0.4, -0.2) is 10.6 Å². The van der Waals surface area contributed by atoms with Crippen molar-refractivity contribution >= 4 is 10.9 Å². The summed E-state index contributed by atoms with van der Waals surface area (Å²) in [4.78, 5) is 0. The van der Waals surface area contributed by atoms with Crippen LogP contribution in [0, 0.1) is 5.82 Å². The summed E-state index contributed by atoms with van der Waals surface area (Å²) in [6.07, 6.45) is 5.36. The molecule has 1 heterocycles. The summed E-state index contributed by atoms with van der Waals surface area (Å²) < 4.78 is 15.4. The molecule has 0 radical (unpaired) electrons. The summed E-state index contributed by atoms with van der Waals surface area (Å²) in [5.74, 6) is 0.336. The van der Waals surface area contributed by atoms with Crippen molar-refractivity contribution in [3.8, 4) is 0 Å². The standard InChI is InChI=1S/C14H17FN2/c1-17-8-13(9-2-4-11(16)6-9)12-7-10(15)3-5-14(12)17/h3,5,7-9,11H,2,4,6,16H2,1H3/t9-,11+/m0/s1. The summed E-state index contributed by atoms with van der Waals surface area (Å²) in [5, 5.41) is 1.05. The van der Waals surface area contributed by atoms with Gasteiger partial charge in [0.15, 0.2) is 0 Å². The van der Waals surface area contributed by atoms with E-state index in [1.807, 2.05) is 13.1 Å². The lowest BCUT2D eigenvalue weighted by Gasteiger charge is -2.07. The van der Waals surface area contributed by atoms with Gasteiger partial charge < -0.3 is 10.3 Å². The molecule has 1 saturated carbocycles. The number of aryl methyl sites for hydroxylation is 1. The summed E-state index contributed by atoms with van der Waals surface area (Å²) in [5.41, 5.74) is 8.32. The fourth-order valence-corrected chi connectivity index (χ4v) is 3.02. The molecule has 0 unspecified atom stereocenters. The smallest absolute Gasteiger partial charge is 0.123 e. The molecule has 3 rings (SSSR count). The number of benzene rings is 1. The van der Waals surface area contributed by atoms with Gasteiger partial charge in [-0.25, -0.2) is 4.39 Å². The topological polar surface area (TPSA) is 30.9 Å². The molecule has 2 aromatic rings. The average Bonchev–Trinajstić information content (AvgIpc) is 2.83. The second kappa shape index (κ2) is 3.84. The molecular formula is C14H17FN2. The molecule has 1 aliphatic rings. The van der Waals surface area contributed by atoms with E-state index in [0.717, 1.165) is 30.2 Å². The SMILES string of the molecule is Cn1cc([C@H]2CC[C@@H](N)C2)c2cc(F)ccc21. The van der Waals surface area contributed by atoms with Crippen LogP contribution in [0.2, 0.25) is 0 Å². The molecule has 0 spiro atoms. The number of halogens is 1. The molecule has 0 aliphatic heterocycles. The van der Waals surface area contributed by atoms with Crippen molar-refractivity contribution in [3.05, 3.63) is 35.8 Å². The van der Waals surface area contributed by atoms with Crippen LogP contribution < -0.4 is 5.73 Å². The lowest BCUT2D eigenvalue weighted by atomic mass is 9.97. The third-order valence-electron chi connectivity index (χ3n) is 3.90. The van der Waals surface area contributed by atoms with Crippen molar-refractivity contribution in [2.45, 2.75) is 31.2 Å². The first-order valence-corrected chi connectivity index (χ1v) is 6.15. The van der Waals surface area contributed by atoms with Gasteiger partial charge >= 0.3 is 0 Å². The number of nitrogens with zero attached hydrogens (tertiary/aromatic N) is 1. The van der Waals surface area contributed by atoms with Crippen molar-refractivity contribution in [1.82, 2.24) is 4.57 Å². The van der Waals surface area contributed by atoms with Gasteiger partial charge in [-0.15, -0.1) is 0 Å². The molecule has 0 bridgehead atoms. The van der Waals surface area contributed by atoms with E-state index in [1.54, 1.807) is 6.07 Å². The third kappa shape index (κ3) is 1.75. The second-order valence-corrected chi connectivity index (χ2v) is 5.13. The van der Waals surface area contributed by atoms with Crippen molar-refractivity contribution < 1.29 is 4.39 Å². The van der Waals surface area contributed by atoms with Gasteiger partial charge in [0.25, 0.3) is 0 Å². The van der Waals surface area contributed by atoms with Crippen LogP contribution in [0.15, 0.2) is 24.4 Å². The highest BCUT2D eigenvalue weighted by Crippen LogP contribution is 2.38. The lowest BCUT2D eigenvalue weighted by molar-refractivity contribution is 0.629. The summed E-state index contributed by atoms with van der Waals surface area (Å²) >= 11 is 0. The minimum absolute atomic E-state index is 0.160. The Balaban J connectivity index is 2.13. The van der Waals surface area contributed by atoms with E-state index in [9.17, 15) is 4.39 Å². The minimum atomic E-state index is -0.160. The Labute approximate surface area is 100 Å². The lowest BCUT2D eigenvalue weighted by Crippen LogP contribution is -2.14. The maximum absolute atomic E-state index is 13.4. The predicted molar refractivity (Wildman–Crippen MR) is 67.4 cm³/mol. The van der Waals surface area contributed by atoms with Gasteiger partial charge in [0.05, 0.1) is 0 Å². The summed E-state index contributed by atoms with van der Waals surface area (Å²) in [6.45, 7) is 0. The highest BCUT2D eigenvalue weighted by atomic mass is 19.1. The van der Waals surface area contributed by atoms with Crippen LogP contribution >= 0.6 is 0 Å². The quantitative estimate of drug-likeness (QED) is 0.805. The van der Waals surface area contributed by atoms with Gasteiger partial charge in [0, 0.05) is 30.2 Å². The molecule has 1 aromatic carbocycles. The highest BCUT2D eigenvalue weighted by Gasteiger charge is 2.25. The molecule has 0 saturated heterocycles. The zero-order chi connectivity index (χ0) is 12.0. The van der Waals surface area contributed by atoms with Crippen LogP contribution in [0.1, 0.15) is 30.7 Å². The number of nitrogens with two attached hydrogens (primary N) is 1. The molecule has 3 heteroatoms. The van der Waals surface area contributed by atoms with Crippen LogP contribution in [0.5, 0.6) is 0 Å². The zero-order valence-electron chi connectivity index (χ0n) is 9.99. The van der Waals surface area contributed by atoms with Crippen LogP contribution in [-0.2, 0) is 7.05 Å². The molecule has 0 amide bonds. The molecular weight excluding hydrogens is 215 g/mol. The van der Waals surface area contributed by atoms with Crippen molar-refractivity contribution in [2.24, 2.45) is 12.8 Å². The van der Waals surface area contributed by atoms with Crippen LogP contribution in [0.3, 0.4) is 0 Å². The number of rotatable bonds is 1. The van der Waals surface area contributed by atoms with Crippen molar-refractivity contribution in [1.29, 1.82) is 0 Å². The monoisotopic (exact) mass is 232 g/mol. The third-order valence-corrected chi connectivity index (χ3v) is 3.90. The van der Waals surface area contributed by atoms with Gasteiger partial charge in [0.1, 0.15) is 5.82 Å². The Morgan fingerprint density at radius 3 is 2.88 bits per heavy atom. The fourth-order valence-electron chi connectivity index (χ4n) is 3.02. The van der Waals surface area contributed by atoms with E-state index in [0.29, 0.717) is 12.0 Å². The molecule has 1 fully saturated rings. The van der Waals surface area contributed by atoms with E-state index in [2.05, 4.69) is 10.8 Å². The molecule has 1 aliphatic carbocycles. The highest BCUT2D eigenvalue weighted by molar-refractivity contribution is 5.84. The van der Waals surface area contributed by atoms with Crippen molar-refractivity contribution in [3.63, 3.8) is 0 Å². The first-order valence-electron chi connectivity index (χ1n) is 6.15. The zero-order valence-corrected chi connectivity index (χ0v) is 9.99. The second-order valence-electron chi connectivity index (χ2n) is 5.13. The number of aromatic nitrogens is 1. The minimum Gasteiger partial charge on any atom is -0.350 e. The predicted octanol–water partition coefficient (Wildman–Crippen LogP) is 2.91. The Morgan fingerprint density at radius 2 is 2.18 bits per heavy atom. The van der Waals surface area contributed by atoms with Gasteiger partial charge in [-0.05, 0) is 48.9 Å². The first kappa shape index (κ1) is 10.8. The summed E-state index contributed by atoms with van der Waals surface area (Å²) in [7, 11) is 2.01. The fraction of sp³-hybridized carbons (Fsp3) is 0.429. The molecule has 2 N–H and O–H groups in total. The molecule has 17 heavy (non-hydrogen) atoms. The van der Waals surface area contributed by atoms with Gasteiger partial charge in [0.2, 0.25) is 0 Å². The first-order chi connectivity index (χ1) is 8.15. The molecule has 2 nitrogen and oxygen atoms in total. The van der Waals surface area contributed by atoms with E-state index in [-0.39, 0.29) is 5.82 Å². The van der Waals surface area contributed by atoms with Crippen LogP contribution in [0.4, 0.5) is 4.39 Å². The van der Waals surface area contributed by atoms with Gasteiger partial charge in [-0.1, -0.05) is 0 Å². The largest absolute Gasteiger partial charge is 0.350 e. The average molecular weight is 232 g/mol. The van der Waals surface area contributed by atoms with Gasteiger partial charge in [-0.3, -0.25) is 0 Å². The number of fused-ring (bicyclic) bond motifs is 1. The van der Waals surface area contributed by atoms with E-state index in [4.69, 9.17) is 5.73 Å². The van der Waals surface area contributed by atoms with Gasteiger partial charge in [-0.2, -0.15) is 0 Å². The Hall–Kier alpha value is -1.35. The maximum Gasteiger partial charge on any atom is 0.123 e. The molecule has 90 valence electrons. The number of hydrogen-bond acceptors (Lipinski definition) is 1. The maximum atomic E-state index is 13.4. The van der Waals surface area contributed by atoms with Crippen LogP contribution in [0.25, 0.3) is 10.9 Å². The Bertz CT molecular complexity index is 559. The Kier molecular flexibility index (Phi) is 2.44. The molecule has 1 aromatic heterocycles. The normalized spacial score (nSPS) is 24.6. The van der Waals surface area contributed by atoms with E-state index < -0.39 is 0 Å². The molecule has 2 atom stereocenters. The van der Waals surface area contributed by atoms with E-state index in [1.165, 1.54) is 11.6 Å².